The Hall–Kier alpha value is -1.70. The van der Waals surface area contributed by atoms with Crippen molar-refractivity contribution < 1.29 is 14.2 Å². The SMILES string of the molecule is CC1(C)O[C@@H]2[C@@H]([C@H]3OCc4cc(Cl)ccc43)C[C@@H](n3ccc4c(Cl)ncnc43)[C@@H]2O1. The van der Waals surface area contributed by atoms with E-state index in [-0.39, 0.29) is 30.3 Å². The summed E-state index contributed by atoms with van der Waals surface area (Å²) in [5.74, 6) is -0.498. The number of benzene rings is 1. The first-order valence-corrected chi connectivity index (χ1v) is 10.9. The average molecular weight is 446 g/mol. The largest absolute Gasteiger partial charge is 0.368 e. The van der Waals surface area contributed by atoms with Crippen molar-refractivity contribution in [1.82, 2.24) is 14.5 Å². The van der Waals surface area contributed by atoms with E-state index in [0.717, 1.165) is 28.0 Å². The van der Waals surface area contributed by atoms with E-state index < -0.39 is 5.79 Å². The molecule has 5 atom stereocenters. The maximum atomic E-state index is 6.40. The number of ether oxygens (including phenoxy) is 3. The van der Waals surface area contributed by atoms with Gasteiger partial charge in [-0.1, -0.05) is 29.3 Å². The van der Waals surface area contributed by atoms with Crippen LogP contribution in [0, 0.1) is 5.92 Å². The van der Waals surface area contributed by atoms with Crippen molar-refractivity contribution in [3.63, 3.8) is 0 Å². The molecule has 1 saturated carbocycles. The number of rotatable bonds is 2. The molecule has 3 aliphatic rings. The number of halogens is 2. The molecule has 2 aliphatic heterocycles. The van der Waals surface area contributed by atoms with Gasteiger partial charge in [-0.15, -0.1) is 0 Å². The average Bonchev–Trinajstić information content (AvgIpc) is 3.43. The fourth-order valence-corrected chi connectivity index (χ4v) is 5.75. The van der Waals surface area contributed by atoms with Gasteiger partial charge >= 0.3 is 0 Å². The van der Waals surface area contributed by atoms with Crippen molar-refractivity contribution >= 4 is 34.2 Å². The minimum atomic E-state index is -0.650. The monoisotopic (exact) mass is 445 g/mol. The van der Waals surface area contributed by atoms with Gasteiger partial charge < -0.3 is 18.8 Å². The second kappa shape index (κ2) is 6.65. The summed E-state index contributed by atoms with van der Waals surface area (Å²) in [6.45, 7) is 4.50. The van der Waals surface area contributed by atoms with Crippen LogP contribution in [-0.4, -0.2) is 32.5 Å². The van der Waals surface area contributed by atoms with Gasteiger partial charge in [-0.05, 0) is 49.6 Å². The predicted octanol–water partition coefficient (Wildman–Crippen LogP) is 5.09. The second-order valence-corrected chi connectivity index (χ2v) is 9.53. The van der Waals surface area contributed by atoms with Crippen LogP contribution in [0.1, 0.15) is 43.5 Å². The van der Waals surface area contributed by atoms with E-state index >= 15 is 0 Å². The molecule has 0 unspecified atom stereocenters. The highest BCUT2D eigenvalue weighted by Gasteiger charge is 2.57. The fraction of sp³-hybridized carbons (Fsp3) is 0.455. The van der Waals surface area contributed by atoms with Gasteiger partial charge in [0, 0.05) is 17.1 Å². The summed E-state index contributed by atoms with van der Waals surface area (Å²) in [4.78, 5) is 8.59. The third-order valence-electron chi connectivity index (χ3n) is 6.52. The van der Waals surface area contributed by atoms with Gasteiger partial charge in [-0.3, -0.25) is 0 Å². The Kier molecular flexibility index (Phi) is 4.21. The molecule has 1 aromatic carbocycles. The number of aromatic nitrogens is 3. The van der Waals surface area contributed by atoms with Crippen molar-refractivity contribution in [3.8, 4) is 0 Å². The van der Waals surface area contributed by atoms with Crippen LogP contribution in [0.4, 0.5) is 0 Å². The predicted molar refractivity (Wildman–Crippen MR) is 112 cm³/mol. The number of fused-ring (bicyclic) bond motifs is 3. The molecular formula is C22H21Cl2N3O3. The third kappa shape index (κ3) is 2.82. The molecule has 2 fully saturated rings. The van der Waals surface area contributed by atoms with Gasteiger partial charge in [0.15, 0.2) is 5.79 Å². The molecule has 0 bridgehead atoms. The van der Waals surface area contributed by atoms with Crippen LogP contribution in [0.15, 0.2) is 36.8 Å². The number of nitrogens with zero attached hydrogens (tertiary/aromatic N) is 3. The molecule has 1 aliphatic carbocycles. The quantitative estimate of drug-likeness (QED) is 0.514. The van der Waals surface area contributed by atoms with Crippen LogP contribution in [0.3, 0.4) is 0 Å². The first-order chi connectivity index (χ1) is 14.4. The van der Waals surface area contributed by atoms with E-state index in [0.29, 0.717) is 11.8 Å². The van der Waals surface area contributed by atoms with Crippen LogP contribution in [0.5, 0.6) is 0 Å². The molecule has 0 amide bonds. The normalized spacial score (nSPS) is 31.9. The molecule has 1 saturated heterocycles. The zero-order valence-electron chi connectivity index (χ0n) is 16.6. The van der Waals surface area contributed by atoms with Gasteiger partial charge in [0.2, 0.25) is 0 Å². The summed E-state index contributed by atoms with van der Waals surface area (Å²) < 4.78 is 21.2. The van der Waals surface area contributed by atoms with Gasteiger partial charge in [0.25, 0.3) is 0 Å². The lowest BCUT2D eigenvalue weighted by molar-refractivity contribution is -0.166. The Morgan fingerprint density at radius 1 is 1.10 bits per heavy atom. The van der Waals surface area contributed by atoms with Crippen LogP contribution in [0.25, 0.3) is 11.0 Å². The van der Waals surface area contributed by atoms with E-state index in [1.54, 1.807) is 0 Å². The highest BCUT2D eigenvalue weighted by Crippen LogP contribution is 2.54. The molecule has 0 spiro atoms. The molecule has 6 nitrogen and oxygen atoms in total. The zero-order valence-corrected chi connectivity index (χ0v) is 18.1. The molecule has 2 aromatic heterocycles. The Bertz CT molecular complexity index is 1150. The lowest BCUT2D eigenvalue weighted by Gasteiger charge is -2.27. The maximum Gasteiger partial charge on any atom is 0.163 e. The van der Waals surface area contributed by atoms with E-state index in [1.807, 2.05) is 38.2 Å². The van der Waals surface area contributed by atoms with E-state index in [9.17, 15) is 0 Å². The van der Waals surface area contributed by atoms with Crippen LogP contribution < -0.4 is 0 Å². The summed E-state index contributed by atoms with van der Waals surface area (Å²) in [5.41, 5.74) is 3.16. The van der Waals surface area contributed by atoms with Crippen molar-refractivity contribution in [2.75, 3.05) is 0 Å². The van der Waals surface area contributed by atoms with Gasteiger partial charge in [-0.2, -0.15) is 0 Å². The highest BCUT2D eigenvalue weighted by atomic mass is 35.5. The fourth-order valence-electron chi connectivity index (χ4n) is 5.37. The lowest BCUT2D eigenvalue weighted by atomic mass is 9.91. The maximum absolute atomic E-state index is 6.40. The van der Waals surface area contributed by atoms with Crippen LogP contribution in [0.2, 0.25) is 10.2 Å². The Morgan fingerprint density at radius 2 is 1.93 bits per heavy atom. The van der Waals surface area contributed by atoms with Crippen molar-refractivity contribution in [3.05, 3.63) is 58.1 Å². The molecule has 0 N–H and O–H groups in total. The van der Waals surface area contributed by atoms with Crippen molar-refractivity contribution in [1.29, 1.82) is 0 Å². The summed E-state index contributed by atoms with van der Waals surface area (Å²) in [5, 5.41) is 2.03. The Labute approximate surface area is 184 Å². The number of hydrogen-bond acceptors (Lipinski definition) is 5. The van der Waals surface area contributed by atoms with Gasteiger partial charge in [-0.25, -0.2) is 9.97 Å². The topological polar surface area (TPSA) is 58.4 Å². The third-order valence-corrected chi connectivity index (χ3v) is 7.05. The minimum absolute atomic E-state index is 0.0488. The summed E-state index contributed by atoms with van der Waals surface area (Å²) in [6.07, 6.45) is 4.14. The summed E-state index contributed by atoms with van der Waals surface area (Å²) in [6, 6.07) is 8.03. The smallest absolute Gasteiger partial charge is 0.163 e. The zero-order chi connectivity index (χ0) is 20.6. The Morgan fingerprint density at radius 3 is 2.80 bits per heavy atom. The molecule has 6 rings (SSSR count). The molecule has 4 heterocycles. The van der Waals surface area contributed by atoms with E-state index in [4.69, 9.17) is 37.4 Å². The van der Waals surface area contributed by atoms with Crippen LogP contribution >= 0.6 is 23.2 Å². The standard InChI is InChI=1S/C22H21Cl2N3O3/c1-22(2)29-18-15(17-13-4-3-12(23)7-11(13)9-28-17)8-16(19(18)30-22)27-6-5-14-20(24)25-10-26-21(14)27/h3-7,10,15-19H,8-9H2,1-2H3/t15-,16-,17+,18-,19+/m1/s1. The summed E-state index contributed by atoms with van der Waals surface area (Å²) >= 11 is 12.5. The van der Waals surface area contributed by atoms with Crippen molar-refractivity contribution in [2.45, 2.75) is 57.0 Å². The molecule has 156 valence electrons. The molecule has 30 heavy (non-hydrogen) atoms. The van der Waals surface area contributed by atoms with Gasteiger partial charge in [0.1, 0.15) is 23.2 Å². The van der Waals surface area contributed by atoms with E-state index in [1.165, 1.54) is 11.9 Å². The van der Waals surface area contributed by atoms with Gasteiger partial charge in [0.05, 0.1) is 30.2 Å². The van der Waals surface area contributed by atoms with Crippen molar-refractivity contribution in [2.24, 2.45) is 5.92 Å². The van der Waals surface area contributed by atoms with Crippen LogP contribution in [-0.2, 0) is 20.8 Å². The molecule has 0 radical (unpaired) electrons. The minimum Gasteiger partial charge on any atom is -0.368 e. The molecule has 8 heteroatoms. The van der Waals surface area contributed by atoms with E-state index in [2.05, 4.69) is 20.6 Å². The first-order valence-electron chi connectivity index (χ1n) is 10.1. The second-order valence-electron chi connectivity index (χ2n) is 8.73. The highest BCUT2D eigenvalue weighted by molar-refractivity contribution is 6.33. The molecular weight excluding hydrogens is 425 g/mol. The number of hydrogen-bond donors (Lipinski definition) is 0. The Balaban J connectivity index is 1.41. The first kappa shape index (κ1) is 19.0. The lowest BCUT2D eigenvalue weighted by Crippen LogP contribution is -2.29. The summed E-state index contributed by atoms with van der Waals surface area (Å²) in [7, 11) is 0. The molecule has 3 aromatic rings.